The van der Waals surface area contributed by atoms with Crippen molar-refractivity contribution in [2.45, 2.75) is 31.8 Å². The molecular formula is C20H26N2O2. The second-order valence-electron chi connectivity index (χ2n) is 6.40. The van der Waals surface area contributed by atoms with E-state index in [0.717, 1.165) is 22.9 Å². The third-order valence-corrected chi connectivity index (χ3v) is 4.94. The van der Waals surface area contributed by atoms with Crippen LogP contribution >= 0.6 is 0 Å². The summed E-state index contributed by atoms with van der Waals surface area (Å²) < 4.78 is 10.4. The molecule has 0 radical (unpaired) electrons. The first-order valence-corrected chi connectivity index (χ1v) is 8.51. The van der Waals surface area contributed by atoms with Gasteiger partial charge < -0.3 is 20.1 Å². The summed E-state index contributed by atoms with van der Waals surface area (Å²) in [7, 11) is 3.38. The van der Waals surface area contributed by atoms with Crippen LogP contribution in [0.4, 0.5) is 11.4 Å². The fourth-order valence-electron chi connectivity index (χ4n) is 3.38. The van der Waals surface area contributed by atoms with Crippen LogP contribution in [0.15, 0.2) is 48.5 Å². The van der Waals surface area contributed by atoms with Gasteiger partial charge in [-0.15, -0.1) is 0 Å². The smallest absolute Gasteiger partial charge is 0.119 e. The third kappa shape index (κ3) is 3.75. The molecule has 0 amide bonds. The normalized spacial score (nSPS) is 22.9. The Morgan fingerprint density at radius 3 is 1.42 bits per heavy atom. The van der Waals surface area contributed by atoms with Crippen molar-refractivity contribution >= 4 is 11.4 Å². The van der Waals surface area contributed by atoms with Gasteiger partial charge in [-0.3, -0.25) is 0 Å². The van der Waals surface area contributed by atoms with Crippen LogP contribution in [0.1, 0.15) is 19.8 Å². The molecule has 2 aromatic rings. The van der Waals surface area contributed by atoms with Gasteiger partial charge in [0.25, 0.3) is 0 Å². The molecule has 0 aromatic heterocycles. The fraction of sp³-hybridized carbons (Fsp3) is 0.400. The summed E-state index contributed by atoms with van der Waals surface area (Å²) in [6, 6.07) is 17.3. The van der Waals surface area contributed by atoms with Crippen LogP contribution in [0.5, 0.6) is 11.5 Å². The molecule has 0 spiro atoms. The molecule has 3 rings (SSSR count). The summed E-state index contributed by atoms with van der Waals surface area (Å²) >= 11 is 0. The quantitative estimate of drug-likeness (QED) is 0.826. The summed E-state index contributed by atoms with van der Waals surface area (Å²) in [4.78, 5) is 0. The van der Waals surface area contributed by atoms with Crippen molar-refractivity contribution in [2.75, 3.05) is 24.9 Å². The van der Waals surface area contributed by atoms with E-state index in [4.69, 9.17) is 9.47 Å². The molecular weight excluding hydrogens is 300 g/mol. The second-order valence-corrected chi connectivity index (χ2v) is 6.40. The van der Waals surface area contributed by atoms with Crippen molar-refractivity contribution in [2.24, 2.45) is 5.92 Å². The Labute approximate surface area is 144 Å². The highest BCUT2D eigenvalue weighted by molar-refractivity contribution is 5.49. The van der Waals surface area contributed by atoms with Gasteiger partial charge in [-0.1, -0.05) is 6.92 Å². The minimum absolute atomic E-state index is 0.481. The largest absolute Gasteiger partial charge is 0.497 e. The Balaban J connectivity index is 1.58. The highest BCUT2D eigenvalue weighted by Gasteiger charge is 2.32. The van der Waals surface area contributed by atoms with E-state index in [0.29, 0.717) is 18.0 Å². The monoisotopic (exact) mass is 326 g/mol. The van der Waals surface area contributed by atoms with Gasteiger partial charge in [0.05, 0.1) is 14.2 Å². The molecule has 4 heteroatoms. The molecule has 2 aromatic carbocycles. The number of rotatable bonds is 6. The lowest BCUT2D eigenvalue weighted by atomic mass is 10.0. The number of ether oxygens (including phenoxy) is 2. The fourth-order valence-corrected chi connectivity index (χ4v) is 3.38. The zero-order valence-corrected chi connectivity index (χ0v) is 14.6. The molecule has 2 N–H and O–H groups in total. The lowest BCUT2D eigenvalue weighted by Gasteiger charge is -2.24. The van der Waals surface area contributed by atoms with Crippen LogP contribution in [0, 0.1) is 5.92 Å². The zero-order chi connectivity index (χ0) is 16.9. The molecule has 0 bridgehead atoms. The van der Waals surface area contributed by atoms with Crippen molar-refractivity contribution in [3.63, 3.8) is 0 Å². The molecule has 24 heavy (non-hydrogen) atoms. The average Bonchev–Trinajstić information content (AvgIpc) is 2.96. The van der Waals surface area contributed by atoms with Crippen LogP contribution in [0.3, 0.4) is 0 Å². The first kappa shape index (κ1) is 16.5. The van der Waals surface area contributed by atoms with E-state index in [-0.39, 0.29) is 0 Å². The van der Waals surface area contributed by atoms with Crippen molar-refractivity contribution in [1.82, 2.24) is 0 Å². The van der Waals surface area contributed by atoms with Crippen LogP contribution < -0.4 is 20.1 Å². The van der Waals surface area contributed by atoms with E-state index in [1.807, 2.05) is 24.3 Å². The van der Waals surface area contributed by atoms with Gasteiger partial charge in [0.15, 0.2) is 0 Å². The molecule has 0 aliphatic heterocycles. The van der Waals surface area contributed by atoms with Crippen molar-refractivity contribution in [3.05, 3.63) is 48.5 Å². The van der Waals surface area contributed by atoms with Gasteiger partial charge in [-0.05, 0) is 67.3 Å². The molecule has 4 nitrogen and oxygen atoms in total. The number of nitrogens with one attached hydrogen (secondary N) is 2. The van der Waals surface area contributed by atoms with E-state index in [2.05, 4.69) is 41.8 Å². The summed E-state index contributed by atoms with van der Waals surface area (Å²) in [5, 5.41) is 7.32. The summed E-state index contributed by atoms with van der Waals surface area (Å²) in [5.74, 6) is 2.33. The number of hydrogen-bond acceptors (Lipinski definition) is 4. The van der Waals surface area contributed by atoms with Crippen LogP contribution in [0.25, 0.3) is 0 Å². The Hall–Kier alpha value is -2.36. The maximum atomic E-state index is 5.21. The standard InChI is InChI=1S/C20H26N2O2/c1-14-19(21-15-4-8-17(23-2)9-5-15)12-13-20(14)22-16-6-10-18(24-3)11-7-16/h4-11,14,19-22H,12-13H2,1-3H3. The van der Waals surface area contributed by atoms with Gasteiger partial charge in [0, 0.05) is 23.5 Å². The molecule has 1 aliphatic carbocycles. The Morgan fingerprint density at radius 1 is 0.708 bits per heavy atom. The number of anilines is 2. The first-order chi connectivity index (χ1) is 11.7. The SMILES string of the molecule is COc1ccc(NC2CCC(Nc3ccc(OC)cc3)C2C)cc1. The molecule has 0 saturated heterocycles. The van der Waals surface area contributed by atoms with Gasteiger partial charge in [0.2, 0.25) is 0 Å². The number of methoxy groups -OCH3 is 2. The summed E-state index contributed by atoms with van der Waals surface area (Å²) in [5.41, 5.74) is 2.30. The summed E-state index contributed by atoms with van der Waals surface area (Å²) in [6.07, 6.45) is 2.34. The lowest BCUT2D eigenvalue weighted by Crippen LogP contribution is -2.31. The molecule has 0 heterocycles. The molecule has 2 unspecified atom stereocenters. The van der Waals surface area contributed by atoms with E-state index >= 15 is 0 Å². The first-order valence-electron chi connectivity index (χ1n) is 8.51. The lowest BCUT2D eigenvalue weighted by molar-refractivity contribution is 0.415. The Morgan fingerprint density at radius 2 is 1.08 bits per heavy atom. The summed E-state index contributed by atoms with van der Waals surface area (Å²) in [6.45, 7) is 2.31. The van der Waals surface area contributed by atoms with Gasteiger partial charge in [-0.25, -0.2) is 0 Å². The second kappa shape index (κ2) is 7.47. The average molecular weight is 326 g/mol. The topological polar surface area (TPSA) is 42.5 Å². The minimum atomic E-state index is 0.481. The van der Waals surface area contributed by atoms with Crippen LogP contribution in [0.2, 0.25) is 0 Å². The predicted octanol–water partition coefficient (Wildman–Crippen LogP) is 4.39. The minimum Gasteiger partial charge on any atom is -0.497 e. The predicted molar refractivity (Wildman–Crippen MR) is 99.2 cm³/mol. The molecule has 1 fully saturated rings. The van der Waals surface area contributed by atoms with Gasteiger partial charge >= 0.3 is 0 Å². The van der Waals surface area contributed by atoms with Crippen LogP contribution in [-0.4, -0.2) is 26.3 Å². The molecule has 1 aliphatic rings. The zero-order valence-electron chi connectivity index (χ0n) is 14.6. The maximum absolute atomic E-state index is 5.21. The van der Waals surface area contributed by atoms with Gasteiger partial charge in [-0.2, -0.15) is 0 Å². The van der Waals surface area contributed by atoms with Crippen molar-refractivity contribution < 1.29 is 9.47 Å². The van der Waals surface area contributed by atoms with Crippen LogP contribution in [-0.2, 0) is 0 Å². The molecule has 2 atom stereocenters. The highest BCUT2D eigenvalue weighted by atomic mass is 16.5. The van der Waals surface area contributed by atoms with E-state index in [9.17, 15) is 0 Å². The molecule has 128 valence electrons. The highest BCUT2D eigenvalue weighted by Crippen LogP contribution is 2.31. The maximum Gasteiger partial charge on any atom is 0.119 e. The number of benzene rings is 2. The van der Waals surface area contributed by atoms with E-state index < -0.39 is 0 Å². The number of hydrogen-bond donors (Lipinski definition) is 2. The Bertz CT molecular complexity index is 582. The van der Waals surface area contributed by atoms with E-state index in [1.165, 1.54) is 12.8 Å². The van der Waals surface area contributed by atoms with Crippen molar-refractivity contribution in [1.29, 1.82) is 0 Å². The van der Waals surface area contributed by atoms with Gasteiger partial charge in [0.1, 0.15) is 11.5 Å². The third-order valence-electron chi connectivity index (χ3n) is 4.94. The Kier molecular flexibility index (Phi) is 5.14. The van der Waals surface area contributed by atoms with Crippen molar-refractivity contribution in [3.8, 4) is 11.5 Å². The van der Waals surface area contributed by atoms with E-state index in [1.54, 1.807) is 14.2 Å². The molecule has 1 saturated carbocycles.